The van der Waals surface area contributed by atoms with Crippen molar-refractivity contribution in [2.24, 2.45) is 10.9 Å². The average Bonchev–Trinajstić information content (AvgIpc) is 3.19. The topological polar surface area (TPSA) is 58.1 Å². The van der Waals surface area contributed by atoms with Crippen LogP contribution in [0.25, 0.3) is 0 Å². The number of nitrogens with one attached hydrogen (secondary N) is 2. The molecule has 1 heterocycles. The quantitative estimate of drug-likeness (QED) is 0.346. The molecule has 0 bridgehead atoms. The Morgan fingerprint density at radius 3 is 2.71 bits per heavy atom. The molecule has 2 unspecified atom stereocenters. The van der Waals surface area contributed by atoms with Crippen LogP contribution in [-0.4, -0.2) is 71.0 Å². The molecule has 1 aliphatic rings. The number of rotatable bonds is 11. The van der Waals surface area contributed by atoms with Crippen molar-refractivity contribution in [3.63, 3.8) is 0 Å². The smallest absolute Gasteiger partial charge is 0.191 e. The van der Waals surface area contributed by atoms with Crippen LogP contribution in [0.15, 0.2) is 29.3 Å². The Morgan fingerprint density at radius 1 is 1.29 bits per heavy atom. The number of aliphatic imine (C=N–C) groups is 1. The van der Waals surface area contributed by atoms with Crippen LogP contribution in [-0.2, 0) is 9.47 Å². The lowest BCUT2D eigenvalue weighted by Gasteiger charge is -2.24. The van der Waals surface area contributed by atoms with E-state index in [1.165, 1.54) is 11.1 Å². The average molecular weight is 391 g/mol. The van der Waals surface area contributed by atoms with Crippen molar-refractivity contribution in [3.05, 3.63) is 35.4 Å². The highest BCUT2D eigenvalue weighted by molar-refractivity contribution is 5.79. The zero-order chi connectivity index (χ0) is 20.2. The van der Waals surface area contributed by atoms with Crippen molar-refractivity contribution in [1.29, 1.82) is 0 Å². The molecule has 0 radical (unpaired) electrons. The first-order chi connectivity index (χ1) is 13.6. The predicted octanol–water partition coefficient (Wildman–Crippen LogP) is 2.60. The van der Waals surface area contributed by atoms with Gasteiger partial charge < -0.3 is 25.0 Å². The van der Waals surface area contributed by atoms with Crippen molar-refractivity contribution in [2.45, 2.75) is 32.7 Å². The van der Waals surface area contributed by atoms with Crippen molar-refractivity contribution >= 4 is 5.96 Å². The molecule has 0 spiro atoms. The molecule has 0 saturated carbocycles. The first-order valence-electron chi connectivity index (χ1n) is 10.5. The fourth-order valence-electron chi connectivity index (χ4n) is 3.22. The zero-order valence-electron chi connectivity index (χ0n) is 18.0. The molecule has 6 nitrogen and oxygen atoms in total. The van der Waals surface area contributed by atoms with Gasteiger partial charge in [-0.25, -0.2) is 0 Å². The third-order valence-electron chi connectivity index (χ3n) is 4.99. The van der Waals surface area contributed by atoms with E-state index in [1.807, 2.05) is 0 Å². The Bertz CT molecular complexity index is 568. The largest absolute Gasteiger partial charge is 0.381 e. The summed E-state index contributed by atoms with van der Waals surface area (Å²) >= 11 is 0. The standard InChI is InChI=1S/C22H38N4O2/c1-5-23-22(24-12-6-13-27-16-19-11-14-28-17-19)25-15-21(26(3)4)20-9-7-18(2)8-10-20/h7-10,19,21H,5-6,11-17H2,1-4H3,(H2,23,24,25). The fraction of sp³-hybridized carbons (Fsp3) is 0.682. The Balaban J connectivity index is 1.76. The van der Waals surface area contributed by atoms with Crippen LogP contribution in [0.2, 0.25) is 0 Å². The number of likely N-dealkylation sites (N-methyl/N-ethyl adjacent to an activating group) is 1. The second-order valence-corrected chi connectivity index (χ2v) is 7.69. The van der Waals surface area contributed by atoms with Gasteiger partial charge in [0.2, 0.25) is 0 Å². The maximum atomic E-state index is 5.77. The van der Waals surface area contributed by atoms with Crippen molar-refractivity contribution in [1.82, 2.24) is 15.5 Å². The number of nitrogens with zero attached hydrogens (tertiary/aromatic N) is 2. The number of benzene rings is 1. The van der Waals surface area contributed by atoms with Gasteiger partial charge in [0.05, 0.1) is 25.8 Å². The van der Waals surface area contributed by atoms with E-state index < -0.39 is 0 Å². The van der Waals surface area contributed by atoms with Gasteiger partial charge in [-0.05, 0) is 46.3 Å². The fourth-order valence-corrected chi connectivity index (χ4v) is 3.22. The Hall–Kier alpha value is -1.63. The summed E-state index contributed by atoms with van der Waals surface area (Å²) in [5.74, 6) is 1.45. The normalized spacial score (nSPS) is 18.5. The van der Waals surface area contributed by atoms with Gasteiger partial charge in [0, 0.05) is 32.2 Å². The van der Waals surface area contributed by atoms with Crippen LogP contribution in [0.5, 0.6) is 0 Å². The summed E-state index contributed by atoms with van der Waals surface area (Å²) in [4.78, 5) is 7.03. The molecular weight excluding hydrogens is 352 g/mol. The van der Waals surface area contributed by atoms with Gasteiger partial charge in [-0.2, -0.15) is 0 Å². The van der Waals surface area contributed by atoms with Gasteiger partial charge in [0.25, 0.3) is 0 Å². The molecule has 0 aliphatic carbocycles. The van der Waals surface area contributed by atoms with E-state index in [2.05, 4.69) is 67.7 Å². The summed E-state index contributed by atoms with van der Waals surface area (Å²) in [6.07, 6.45) is 2.09. The Kier molecular flexibility index (Phi) is 10.3. The number of hydrogen-bond acceptors (Lipinski definition) is 4. The molecule has 0 aromatic heterocycles. The molecule has 1 fully saturated rings. The minimum absolute atomic E-state index is 0.257. The SMILES string of the molecule is CCNC(=NCC(c1ccc(C)cc1)N(C)C)NCCCOCC1CCOC1. The van der Waals surface area contributed by atoms with E-state index in [4.69, 9.17) is 14.5 Å². The summed E-state index contributed by atoms with van der Waals surface area (Å²) in [6, 6.07) is 8.98. The summed E-state index contributed by atoms with van der Waals surface area (Å²) in [5.41, 5.74) is 2.57. The molecule has 2 rings (SSSR count). The van der Waals surface area contributed by atoms with Gasteiger partial charge in [-0.15, -0.1) is 0 Å². The summed E-state index contributed by atoms with van der Waals surface area (Å²) in [5, 5.41) is 6.76. The first kappa shape index (κ1) is 22.7. The zero-order valence-corrected chi connectivity index (χ0v) is 18.0. The van der Waals surface area contributed by atoms with Crippen LogP contribution in [0.4, 0.5) is 0 Å². The monoisotopic (exact) mass is 390 g/mol. The lowest BCUT2D eigenvalue weighted by atomic mass is 10.0. The first-order valence-corrected chi connectivity index (χ1v) is 10.5. The van der Waals surface area contributed by atoms with Gasteiger partial charge in [0.1, 0.15) is 0 Å². The van der Waals surface area contributed by atoms with Crippen LogP contribution in [0.1, 0.15) is 36.9 Å². The molecule has 28 heavy (non-hydrogen) atoms. The van der Waals surface area contributed by atoms with E-state index in [1.54, 1.807) is 0 Å². The lowest BCUT2D eigenvalue weighted by molar-refractivity contribution is 0.0888. The summed E-state index contributed by atoms with van der Waals surface area (Å²) < 4.78 is 11.1. The highest BCUT2D eigenvalue weighted by Crippen LogP contribution is 2.19. The maximum absolute atomic E-state index is 5.77. The molecule has 2 atom stereocenters. The molecule has 0 amide bonds. The number of aryl methyl sites for hydroxylation is 1. The summed E-state index contributed by atoms with van der Waals surface area (Å²) in [6.45, 7) is 9.94. The highest BCUT2D eigenvalue weighted by atomic mass is 16.5. The molecule has 1 aromatic carbocycles. The van der Waals surface area contributed by atoms with Crippen molar-refractivity contribution in [2.75, 3.05) is 60.2 Å². The van der Waals surface area contributed by atoms with Crippen LogP contribution in [0, 0.1) is 12.8 Å². The van der Waals surface area contributed by atoms with Crippen LogP contribution in [0.3, 0.4) is 0 Å². The number of hydrogen-bond donors (Lipinski definition) is 2. The molecule has 158 valence electrons. The Labute approximate surface area is 170 Å². The van der Waals surface area contributed by atoms with Gasteiger partial charge >= 0.3 is 0 Å². The van der Waals surface area contributed by atoms with E-state index in [0.717, 1.165) is 58.3 Å². The van der Waals surface area contributed by atoms with E-state index in [9.17, 15) is 0 Å². The molecule has 6 heteroatoms. The minimum Gasteiger partial charge on any atom is -0.381 e. The predicted molar refractivity (Wildman–Crippen MR) is 116 cm³/mol. The van der Waals surface area contributed by atoms with Crippen LogP contribution < -0.4 is 10.6 Å². The lowest BCUT2D eigenvalue weighted by Crippen LogP contribution is -2.38. The highest BCUT2D eigenvalue weighted by Gasteiger charge is 2.15. The van der Waals surface area contributed by atoms with Crippen LogP contribution >= 0.6 is 0 Å². The van der Waals surface area contributed by atoms with Gasteiger partial charge in [-0.1, -0.05) is 29.8 Å². The molecule has 1 saturated heterocycles. The third kappa shape index (κ3) is 8.17. The van der Waals surface area contributed by atoms with Crippen molar-refractivity contribution < 1.29 is 9.47 Å². The second-order valence-electron chi connectivity index (χ2n) is 7.69. The number of guanidine groups is 1. The van der Waals surface area contributed by atoms with Gasteiger partial charge in [0.15, 0.2) is 5.96 Å². The molecular formula is C22H38N4O2. The maximum Gasteiger partial charge on any atom is 0.191 e. The van der Waals surface area contributed by atoms with E-state index >= 15 is 0 Å². The Morgan fingerprint density at radius 2 is 2.07 bits per heavy atom. The van der Waals surface area contributed by atoms with Gasteiger partial charge in [-0.3, -0.25) is 4.99 Å². The van der Waals surface area contributed by atoms with E-state index in [0.29, 0.717) is 12.5 Å². The van der Waals surface area contributed by atoms with E-state index in [-0.39, 0.29) is 6.04 Å². The minimum atomic E-state index is 0.257. The molecule has 2 N–H and O–H groups in total. The number of ether oxygens (including phenoxy) is 2. The second kappa shape index (κ2) is 12.8. The van der Waals surface area contributed by atoms with Crippen molar-refractivity contribution in [3.8, 4) is 0 Å². The third-order valence-corrected chi connectivity index (χ3v) is 4.99. The molecule has 1 aromatic rings. The summed E-state index contributed by atoms with van der Waals surface area (Å²) in [7, 11) is 4.21. The molecule has 1 aliphatic heterocycles.